The smallest absolute Gasteiger partial charge is 0.193 e. The van der Waals surface area contributed by atoms with Gasteiger partial charge in [-0.3, -0.25) is 4.99 Å². The molecule has 0 bridgehead atoms. The Balaban J connectivity index is 1.82. The third-order valence-corrected chi connectivity index (χ3v) is 4.23. The molecule has 1 heterocycles. The molecule has 1 fully saturated rings. The first-order valence-electron chi connectivity index (χ1n) is 8.31. The van der Waals surface area contributed by atoms with Crippen molar-refractivity contribution in [1.29, 1.82) is 0 Å². The summed E-state index contributed by atoms with van der Waals surface area (Å²) in [5.74, 6) is 0.998. The van der Waals surface area contributed by atoms with E-state index in [0.717, 1.165) is 37.8 Å². The highest BCUT2D eigenvalue weighted by Gasteiger charge is 2.30. The van der Waals surface area contributed by atoms with Crippen LogP contribution in [0.1, 0.15) is 25.8 Å². The summed E-state index contributed by atoms with van der Waals surface area (Å²) in [6, 6.07) is 8.50. The Morgan fingerprint density at radius 3 is 2.61 bits per heavy atom. The average molecular weight is 318 g/mol. The monoisotopic (exact) mass is 318 g/mol. The summed E-state index contributed by atoms with van der Waals surface area (Å²) in [6.45, 7) is 9.11. The van der Waals surface area contributed by atoms with Crippen molar-refractivity contribution in [3.8, 4) is 0 Å². The van der Waals surface area contributed by atoms with E-state index >= 15 is 0 Å². The lowest BCUT2D eigenvalue weighted by Gasteiger charge is -2.23. The van der Waals surface area contributed by atoms with Gasteiger partial charge in [-0.25, -0.2) is 0 Å². The highest BCUT2D eigenvalue weighted by Crippen LogP contribution is 2.28. The topological polar surface area (TPSA) is 48.9 Å². The van der Waals surface area contributed by atoms with E-state index in [-0.39, 0.29) is 0 Å². The van der Waals surface area contributed by atoms with Crippen LogP contribution >= 0.6 is 0 Å². The maximum atomic E-state index is 5.04. The maximum Gasteiger partial charge on any atom is 0.193 e. The molecular formula is C18H30N4O. The molecule has 1 saturated heterocycles. The lowest BCUT2D eigenvalue weighted by atomic mass is 9.93. The lowest BCUT2D eigenvalue weighted by molar-refractivity contribution is 0.211. The summed E-state index contributed by atoms with van der Waals surface area (Å²) in [5, 5.41) is 6.80. The van der Waals surface area contributed by atoms with E-state index in [4.69, 9.17) is 4.74 Å². The average Bonchev–Trinajstić information content (AvgIpc) is 2.90. The molecule has 0 amide bonds. The molecule has 0 atom stereocenters. The summed E-state index contributed by atoms with van der Waals surface area (Å²) in [6.07, 6.45) is 1.22. The highest BCUT2D eigenvalue weighted by atomic mass is 16.5. The molecule has 1 aliphatic rings. The SMILES string of the molecule is CN=C(NCc1ccc(NCCOC)cc1)N1CCC(C)(C)C1. The predicted molar refractivity (Wildman–Crippen MR) is 97.0 cm³/mol. The molecule has 0 saturated carbocycles. The van der Waals surface area contributed by atoms with E-state index in [1.807, 2.05) is 7.05 Å². The van der Waals surface area contributed by atoms with Crippen molar-refractivity contribution in [2.45, 2.75) is 26.8 Å². The second-order valence-electron chi connectivity index (χ2n) is 6.85. The Hall–Kier alpha value is -1.75. The molecule has 0 aliphatic carbocycles. The van der Waals surface area contributed by atoms with E-state index in [2.05, 4.69) is 58.6 Å². The van der Waals surface area contributed by atoms with Gasteiger partial charge in [-0.05, 0) is 29.5 Å². The Morgan fingerprint density at radius 2 is 2.04 bits per heavy atom. The van der Waals surface area contributed by atoms with Crippen LogP contribution in [0, 0.1) is 5.41 Å². The fourth-order valence-electron chi connectivity index (χ4n) is 2.84. The number of guanidine groups is 1. The molecule has 2 N–H and O–H groups in total. The number of likely N-dealkylation sites (tertiary alicyclic amines) is 1. The second-order valence-corrected chi connectivity index (χ2v) is 6.85. The zero-order valence-corrected chi connectivity index (χ0v) is 14.9. The van der Waals surface area contributed by atoms with Crippen LogP contribution < -0.4 is 10.6 Å². The van der Waals surface area contributed by atoms with Crippen LogP contribution in [0.4, 0.5) is 5.69 Å². The van der Waals surface area contributed by atoms with Gasteiger partial charge < -0.3 is 20.3 Å². The maximum absolute atomic E-state index is 5.04. The molecule has 0 radical (unpaired) electrons. The van der Waals surface area contributed by atoms with E-state index in [1.165, 1.54) is 12.0 Å². The molecule has 2 rings (SSSR count). The molecule has 1 aromatic carbocycles. The van der Waals surface area contributed by atoms with Crippen molar-refractivity contribution in [2.24, 2.45) is 10.4 Å². The molecule has 5 nitrogen and oxygen atoms in total. The predicted octanol–water partition coefficient (Wildman–Crippen LogP) is 2.55. The summed E-state index contributed by atoms with van der Waals surface area (Å²) < 4.78 is 5.04. The van der Waals surface area contributed by atoms with Gasteiger partial charge in [-0.15, -0.1) is 0 Å². The molecule has 0 spiro atoms. The van der Waals surface area contributed by atoms with Gasteiger partial charge in [0, 0.05) is 46.0 Å². The molecule has 1 aliphatic heterocycles. The molecule has 0 aromatic heterocycles. The Labute approximate surface area is 140 Å². The van der Waals surface area contributed by atoms with Gasteiger partial charge in [0.1, 0.15) is 0 Å². The first-order valence-corrected chi connectivity index (χ1v) is 8.31. The molecule has 128 valence electrons. The van der Waals surface area contributed by atoms with Crippen molar-refractivity contribution >= 4 is 11.6 Å². The molecule has 23 heavy (non-hydrogen) atoms. The van der Waals surface area contributed by atoms with Crippen LogP contribution in [0.2, 0.25) is 0 Å². The van der Waals surface area contributed by atoms with Gasteiger partial charge in [0.15, 0.2) is 5.96 Å². The van der Waals surface area contributed by atoms with E-state index in [9.17, 15) is 0 Å². The molecule has 5 heteroatoms. The molecule has 1 aromatic rings. The minimum absolute atomic E-state index is 0.382. The van der Waals surface area contributed by atoms with Gasteiger partial charge in [-0.1, -0.05) is 26.0 Å². The van der Waals surface area contributed by atoms with E-state index in [0.29, 0.717) is 12.0 Å². The lowest BCUT2D eigenvalue weighted by Crippen LogP contribution is -2.40. The summed E-state index contributed by atoms with van der Waals surface area (Å²) in [4.78, 5) is 6.77. The number of benzene rings is 1. The first-order chi connectivity index (χ1) is 11.0. The van der Waals surface area contributed by atoms with E-state index < -0.39 is 0 Å². The van der Waals surface area contributed by atoms with Gasteiger partial charge in [0.05, 0.1) is 6.61 Å². The van der Waals surface area contributed by atoms with Crippen LogP contribution in [0.3, 0.4) is 0 Å². The largest absolute Gasteiger partial charge is 0.383 e. The zero-order chi connectivity index (χ0) is 16.7. The van der Waals surface area contributed by atoms with Crippen LogP contribution in [-0.4, -0.2) is 51.3 Å². The number of hydrogen-bond acceptors (Lipinski definition) is 3. The van der Waals surface area contributed by atoms with Crippen molar-refractivity contribution in [2.75, 3.05) is 45.7 Å². The minimum atomic E-state index is 0.382. The van der Waals surface area contributed by atoms with Gasteiger partial charge in [0.2, 0.25) is 0 Å². The van der Waals surface area contributed by atoms with Gasteiger partial charge in [-0.2, -0.15) is 0 Å². The number of methoxy groups -OCH3 is 1. The van der Waals surface area contributed by atoms with Gasteiger partial charge in [0.25, 0.3) is 0 Å². The number of aliphatic imine (C=N–C) groups is 1. The zero-order valence-electron chi connectivity index (χ0n) is 14.9. The summed E-state index contributed by atoms with van der Waals surface area (Å²) in [5.41, 5.74) is 2.76. The van der Waals surface area contributed by atoms with Crippen LogP contribution in [0.5, 0.6) is 0 Å². The third kappa shape index (κ3) is 5.43. The van der Waals surface area contributed by atoms with E-state index in [1.54, 1.807) is 7.11 Å². The fourth-order valence-corrected chi connectivity index (χ4v) is 2.84. The summed E-state index contributed by atoms with van der Waals surface area (Å²) >= 11 is 0. The number of hydrogen-bond donors (Lipinski definition) is 2. The second kappa shape index (κ2) is 8.20. The minimum Gasteiger partial charge on any atom is -0.383 e. The summed E-state index contributed by atoms with van der Waals surface area (Å²) in [7, 11) is 3.57. The Kier molecular flexibility index (Phi) is 6.28. The molecule has 0 unspecified atom stereocenters. The van der Waals surface area contributed by atoms with Gasteiger partial charge >= 0.3 is 0 Å². The van der Waals surface area contributed by atoms with Crippen LogP contribution in [-0.2, 0) is 11.3 Å². The quantitative estimate of drug-likeness (QED) is 0.481. The molecular weight excluding hydrogens is 288 g/mol. The van der Waals surface area contributed by atoms with Crippen molar-refractivity contribution < 1.29 is 4.74 Å². The normalized spacial score (nSPS) is 17.4. The van der Waals surface area contributed by atoms with Crippen molar-refractivity contribution in [1.82, 2.24) is 10.2 Å². The first kappa shape index (κ1) is 17.6. The van der Waals surface area contributed by atoms with Crippen molar-refractivity contribution in [3.63, 3.8) is 0 Å². The number of rotatable bonds is 6. The highest BCUT2D eigenvalue weighted by molar-refractivity contribution is 5.80. The number of nitrogens with zero attached hydrogens (tertiary/aromatic N) is 2. The number of nitrogens with one attached hydrogen (secondary N) is 2. The number of anilines is 1. The van der Waals surface area contributed by atoms with Crippen LogP contribution in [0.25, 0.3) is 0 Å². The Bertz CT molecular complexity index is 510. The standard InChI is InChI=1S/C18H30N4O/c1-18(2)9-11-22(14-18)17(19-3)21-13-15-5-7-16(8-6-15)20-10-12-23-4/h5-8,20H,9-14H2,1-4H3,(H,19,21). The van der Waals surface area contributed by atoms with Crippen LogP contribution in [0.15, 0.2) is 29.3 Å². The third-order valence-electron chi connectivity index (χ3n) is 4.23. The number of ether oxygens (including phenoxy) is 1. The van der Waals surface area contributed by atoms with Crippen molar-refractivity contribution in [3.05, 3.63) is 29.8 Å². The fraction of sp³-hybridized carbons (Fsp3) is 0.611. The Morgan fingerprint density at radius 1 is 1.30 bits per heavy atom.